The SMILES string of the molecule is CCc1cc(Nc2cc3onc(NS(=O)(=O)c4cc(F)ccc4Br)c3cc2OC)n[nH]1. The lowest BCUT2D eigenvalue weighted by Gasteiger charge is -2.10. The van der Waals surface area contributed by atoms with E-state index in [-0.39, 0.29) is 15.2 Å². The van der Waals surface area contributed by atoms with Crippen LogP contribution in [0, 0.1) is 5.82 Å². The number of nitrogens with zero attached hydrogens (tertiary/aromatic N) is 2. The van der Waals surface area contributed by atoms with Gasteiger partial charge in [-0.25, -0.2) is 12.8 Å². The molecule has 162 valence electrons. The molecule has 0 saturated heterocycles. The highest BCUT2D eigenvalue weighted by Gasteiger charge is 2.23. The Labute approximate surface area is 185 Å². The van der Waals surface area contributed by atoms with Crippen molar-refractivity contribution in [3.8, 4) is 5.75 Å². The number of ether oxygens (including phenoxy) is 1. The number of halogens is 2. The molecular weight excluding hydrogens is 493 g/mol. The minimum absolute atomic E-state index is 0.0518. The van der Waals surface area contributed by atoms with Crippen molar-refractivity contribution in [1.29, 1.82) is 0 Å². The van der Waals surface area contributed by atoms with Crippen LogP contribution in [0.5, 0.6) is 5.75 Å². The Morgan fingerprint density at radius 2 is 2.06 bits per heavy atom. The summed E-state index contributed by atoms with van der Waals surface area (Å²) in [5.74, 6) is 0.273. The second-order valence-corrected chi connectivity index (χ2v) is 9.02. The number of rotatable bonds is 7. The summed E-state index contributed by atoms with van der Waals surface area (Å²) in [6.07, 6.45) is 0.803. The number of aryl methyl sites for hydroxylation is 1. The minimum atomic E-state index is -4.14. The van der Waals surface area contributed by atoms with Gasteiger partial charge in [0.15, 0.2) is 17.2 Å². The minimum Gasteiger partial charge on any atom is -0.495 e. The van der Waals surface area contributed by atoms with Crippen molar-refractivity contribution in [3.63, 3.8) is 0 Å². The predicted octanol–water partition coefficient (Wildman–Crippen LogP) is 4.57. The van der Waals surface area contributed by atoms with E-state index in [4.69, 9.17) is 9.26 Å². The molecule has 0 unspecified atom stereocenters. The van der Waals surface area contributed by atoms with Crippen LogP contribution in [0.3, 0.4) is 0 Å². The third-order valence-corrected chi connectivity index (χ3v) is 6.81. The molecule has 2 aromatic carbocycles. The third-order valence-electron chi connectivity index (χ3n) is 4.48. The Morgan fingerprint density at radius 3 is 2.77 bits per heavy atom. The lowest BCUT2D eigenvalue weighted by Crippen LogP contribution is -2.14. The van der Waals surface area contributed by atoms with Gasteiger partial charge in [-0.2, -0.15) is 5.10 Å². The van der Waals surface area contributed by atoms with Gasteiger partial charge in [-0.15, -0.1) is 0 Å². The number of nitrogens with one attached hydrogen (secondary N) is 3. The normalized spacial score (nSPS) is 11.6. The first kappa shape index (κ1) is 21.1. The summed E-state index contributed by atoms with van der Waals surface area (Å²) in [5, 5.41) is 14.4. The first-order valence-corrected chi connectivity index (χ1v) is 11.3. The molecule has 0 amide bonds. The van der Waals surface area contributed by atoms with E-state index in [2.05, 4.69) is 41.3 Å². The van der Waals surface area contributed by atoms with Gasteiger partial charge in [0, 0.05) is 22.3 Å². The van der Waals surface area contributed by atoms with Gasteiger partial charge in [-0.1, -0.05) is 12.1 Å². The standard InChI is InChI=1S/C19H17BrFN5O4S/c1-3-11-7-18(24-23-11)22-14-9-15-12(8-16(14)29-2)19(25-30-15)26-31(27,28)17-6-10(21)4-5-13(17)20/h4-9H,3H2,1-2H3,(H,25,26)(H2,22,23,24). The summed E-state index contributed by atoms with van der Waals surface area (Å²) in [4.78, 5) is -0.265. The quantitative estimate of drug-likeness (QED) is 0.333. The zero-order valence-electron chi connectivity index (χ0n) is 16.4. The molecule has 0 saturated carbocycles. The van der Waals surface area contributed by atoms with Gasteiger partial charge >= 0.3 is 0 Å². The Morgan fingerprint density at radius 1 is 1.26 bits per heavy atom. The molecule has 0 spiro atoms. The largest absolute Gasteiger partial charge is 0.495 e. The molecule has 0 fully saturated rings. The topological polar surface area (TPSA) is 122 Å². The number of fused-ring (bicyclic) bond motifs is 1. The maximum atomic E-state index is 13.6. The zero-order valence-corrected chi connectivity index (χ0v) is 18.8. The molecule has 0 aliphatic rings. The van der Waals surface area contributed by atoms with Crippen molar-refractivity contribution < 1.29 is 22.1 Å². The molecule has 12 heteroatoms. The summed E-state index contributed by atoms with van der Waals surface area (Å²) in [7, 11) is -2.65. The molecule has 3 N–H and O–H groups in total. The van der Waals surface area contributed by atoms with E-state index in [1.807, 2.05) is 13.0 Å². The van der Waals surface area contributed by atoms with E-state index in [0.29, 0.717) is 28.2 Å². The van der Waals surface area contributed by atoms with Crippen molar-refractivity contribution in [2.24, 2.45) is 0 Å². The molecule has 0 atom stereocenters. The van der Waals surface area contributed by atoms with Crippen molar-refractivity contribution in [1.82, 2.24) is 15.4 Å². The van der Waals surface area contributed by atoms with E-state index in [0.717, 1.165) is 24.2 Å². The maximum absolute atomic E-state index is 13.6. The average Bonchev–Trinajstić information content (AvgIpc) is 3.35. The lowest BCUT2D eigenvalue weighted by molar-refractivity contribution is 0.417. The number of methoxy groups -OCH3 is 1. The van der Waals surface area contributed by atoms with Crippen LogP contribution in [0.4, 0.5) is 21.7 Å². The van der Waals surface area contributed by atoms with Crippen LogP contribution >= 0.6 is 15.9 Å². The number of sulfonamides is 1. The van der Waals surface area contributed by atoms with Crippen molar-refractivity contribution in [3.05, 3.63) is 52.4 Å². The molecule has 0 bridgehead atoms. The van der Waals surface area contributed by atoms with Crippen LogP contribution in [-0.4, -0.2) is 30.9 Å². The number of anilines is 3. The molecule has 0 radical (unpaired) electrons. The molecule has 31 heavy (non-hydrogen) atoms. The zero-order chi connectivity index (χ0) is 22.2. The van der Waals surface area contributed by atoms with Gasteiger partial charge in [-0.05, 0) is 46.6 Å². The summed E-state index contributed by atoms with van der Waals surface area (Å²) < 4.78 is 52.4. The molecule has 0 aliphatic carbocycles. The van der Waals surface area contributed by atoms with Gasteiger partial charge in [0.2, 0.25) is 0 Å². The van der Waals surface area contributed by atoms with E-state index in [9.17, 15) is 12.8 Å². The average molecular weight is 510 g/mol. The van der Waals surface area contributed by atoms with Crippen LogP contribution in [0.25, 0.3) is 11.0 Å². The third kappa shape index (κ3) is 4.21. The Hall–Kier alpha value is -3.12. The fourth-order valence-corrected chi connectivity index (χ4v) is 4.90. The van der Waals surface area contributed by atoms with Crippen molar-refractivity contribution in [2.45, 2.75) is 18.2 Å². The Kier molecular flexibility index (Phi) is 5.58. The van der Waals surface area contributed by atoms with Gasteiger partial charge in [-0.3, -0.25) is 9.82 Å². The highest BCUT2D eigenvalue weighted by Crippen LogP contribution is 2.36. The first-order valence-electron chi connectivity index (χ1n) is 9.07. The van der Waals surface area contributed by atoms with Crippen molar-refractivity contribution in [2.75, 3.05) is 17.1 Å². The molecule has 2 aromatic heterocycles. The maximum Gasteiger partial charge on any atom is 0.264 e. The number of benzene rings is 2. The molecular formula is C19H17BrFN5O4S. The highest BCUT2D eigenvalue weighted by molar-refractivity contribution is 9.10. The predicted molar refractivity (Wildman–Crippen MR) is 117 cm³/mol. The number of H-pyrrole nitrogens is 1. The van der Waals surface area contributed by atoms with Crippen LogP contribution in [0.15, 0.2) is 50.3 Å². The van der Waals surface area contributed by atoms with Gasteiger partial charge in [0.05, 0.1) is 18.2 Å². The number of aromatic amines is 1. The van der Waals surface area contributed by atoms with E-state index < -0.39 is 15.8 Å². The Balaban J connectivity index is 1.69. The summed E-state index contributed by atoms with van der Waals surface area (Å²) in [6, 6.07) is 8.44. The number of hydrogen-bond donors (Lipinski definition) is 3. The molecule has 4 aromatic rings. The van der Waals surface area contributed by atoms with E-state index >= 15 is 0 Å². The van der Waals surface area contributed by atoms with Gasteiger partial charge < -0.3 is 14.6 Å². The number of aromatic nitrogens is 3. The fourth-order valence-electron chi connectivity index (χ4n) is 2.91. The smallest absolute Gasteiger partial charge is 0.264 e. The van der Waals surface area contributed by atoms with Crippen LogP contribution < -0.4 is 14.8 Å². The van der Waals surface area contributed by atoms with Gasteiger partial charge in [0.25, 0.3) is 10.0 Å². The molecule has 0 aliphatic heterocycles. The fraction of sp³-hybridized carbons (Fsp3) is 0.158. The molecule has 9 nitrogen and oxygen atoms in total. The van der Waals surface area contributed by atoms with E-state index in [1.54, 1.807) is 12.1 Å². The van der Waals surface area contributed by atoms with Crippen molar-refractivity contribution >= 4 is 54.2 Å². The highest BCUT2D eigenvalue weighted by atomic mass is 79.9. The molecule has 4 rings (SSSR count). The Bertz CT molecular complexity index is 1370. The van der Waals surface area contributed by atoms with E-state index in [1.165, 1.54) is 13.2 Å². The van der Waals surface area contributed by atoms with Crippen LogP contribution in [0.1, 0.15) is 12.6 Å². The first-order chi connectivity index (χ1) is 14.8. The second kappa shape index (κ2) is 8.19. The monoisotopic (exact) mass is 509 g/mol. The lowest BCUT2D eigenvalue weighted by atomic mass is 10.2. The summed E-state index contributed by atoms with van der Waals surface area (Å²) >= 11 is 3.12. The van der Waals surface area contributed by atoms with Gasteiger partial charge in [0.1, 0.15) is 16.5 Å². The number of hydrogen-bond acceptors (Lipinski definition) is 7. The summed E-state index contributed by atoms with van der Waals surface area (Å²) in [5.41, 5.74) is 1.83. The summed E-state index contributed by atoms with van der Waals surface area (Å²) in [6.45, 7) is 2.00. The molecule has 2 heterocycles. The van der Waals surface area contributed by atoms with Crippen LogP contribution in [0.2, 0.25) is 0 Å². The second-order valence-electron chi connectivity index (χ2n) is 6.52. The van der Waals surface area contributed by atoms with Crippen LogP contribution in [-0.2, 0) is 16.4 Å².